The number of ether oxygens (including phenoxy) is 2. The Labute approximate surface area is 103 Å². The summed E-state index contributed by atoms with van der Waals surface area (Å²) in [5, 5.41) is 0. The summed E-state index contributed by atoms with van der Waals surface area (Å²) in [5.41, 5.74) is 1.01. The zero-order valence-electron chi connectivity index (χ0n) is 10.2. The zero-order chi connectivity index (χ0) is 12.1. The third kappa shape index (κ3) is 2.90. The molecule has 17 heavy (non-hydrogen) atoms. The summed E-state index contributed by atoms with van der Waals surface area (Å²) in [4.78, 5) is 0. The highest BCUT2D eigenvalue weighted by molar-refractivity contribution is 5.70. The predicted octanol–water partition coefficient (Wildman–Crippen LogP) is 4.14. The van der Waals surface area contributed by atoms with Gasteiger partial charge in [-0.25, -0.2) is 0 Å². The molecule has 0 unspecified atom stereocenters. The smallest absolute Gasteiger partial charge is 0.138 e. The second kappa shape index (κ2) is 5.58. The minimum Gasteiger partial charge on any atom is -0.493 e. The van der Waals surface area contributed by atoms with Crippen LogP contribution in [-0.4, -0.2) is 6.61 Å². The number of hydrogen-bond donors (Lipinski definition) is 0. The third-order valence-corrected chi connectivity index (χ3v) is 2.69. The first-order valence-corrected chi connectivity index (χ1v) is 6.12. The molecule has 2 nitrogen and oxygen atoms in total. The van der Waals surface area contributed by atoms with Crippen LogP contribution < -0.4 is 4.74 Å². The fourth-order valence-electron chi connectivity index (χ4n) is 1.81. The Morgan fingerprint density at radius 3 is 2.88 bits per heavy atom. The summed E-state index contributed by atoms with van der Waals surface area (Å²) in [6, 6.07) is 7.88. The molecule has 2 rings (SSSR count). The van der Waals surface area contributed by atoms with E-state index in [0.717, 1.165) is 30.1 Å². The maximum Gasteiger partial charge on any atom is 0.138 e. The lowest BCUT2D eigenvalue weighted by Gasteiger charge is -2.19. The lowest BCUT2D eigenvalue weighted by molar-refractivity contribution is 0.262. The first-order chi connectivity index (χ1) is 8.31. The van der Waals surface area contributed by atoms with Gasteiger partial charge in [0.1, 0.15) is 17.3 Å². The molecular weight excluding hydrogens is 212 g/mol. The van der Waals surface area contributed by atoms with Gasteiger partial charge >= 0.3 is 0 Å². The quantitative estimate of drug-likeness (QED) is 0.708. The Kier molecular flexibility index (Phi) is 3.86. The van der Waals surface area contributed by atoms with Crippen LogP contribution in [0.4, 0.5) is 0 Å². The predicted molar refractivity (Wildman–Crippen MR) is 69.7 cm³/mol. The molecule has 0 aliphatic carbocycles. The minimum atomic E-state index is 0.634. The van der Waals surface area contributed by atoms with Crippen LogP contribution in [-0.2, 0) is 4.74 Å². The van der Waals surface area contributed by atoms with Crippen molar-refractivity contribution in [3.8, 4) is 5.75 Å². The van der Waals surface area contributed by atoms with Crippen molar-refractivity contribution < 1.29 is 9.47 Å². The largest absolute Gasteiger partial charge is 0.493 e. The number of rotatable bonds is 5. The van der Waals surface area contributed by atoms with Gasteiger partial charge in [-0.15, -0.1) is 0 Å². The number of benzene rings is 1. The van der Waals surface area contributed by atoms with Gasteiger partial charge < -0.3 is 9.47 Å². The van der Waals surface area contributed by atoms with Crippen molar-refractivity contribution in [2.75, 3.05) is 6.61 Å². The molecule has 0 fully saturated rings. The van der Waals surface area contributed by atoms with Crippen LogP contribution in [0.5, 0.6) is 5.75 Å². The number of hydrogen-bond acceptors (Lipinski definition) is 2. The maximum atomic E-state index is 5.80. The molecule has 1 aromatic carbocycles. The molecule has 0 bridgehead atoms. The van der Waals surface area contributed by atoms with Gasteiger partial charge in [-0.1, -0.05) is 38.5 Å². The van der Waals surface area contributed by atoms with Crippen molar-refractivity contribution in [1.29, 1.82) is 0 Å². The van der Waals surface area contributed by atoms with Gasteiger partial charge in [-0.2, -0.15) is 0 Å². The van der Waals surface area contributed by atoms with E-state index in [1.54, 1.807) is 0 Å². The van der Waals surface area contributed by atoms with Crippen molar-refractivity contribution in [1.82, 2.24) is 0 Å². The number of allylic oxidation sites excluding steroid dienone is 1. The Balaban J connectivity index is 2.07. The highest BCUT2D eigenvalue weighted by Gasteiger charge is 2.16. The second-order valence-corrected chi connectivity index (χ2v) is 4.13. The topological polar surface area (TPSA) is 18.5 Å². The van der Waals surface area contributed by atoms with E-state index in [1.807, 2.05) is 30.3 Å². The molecule has 1 aliphatic heterocycles. The molecule has 0 amide bonds. The monoisotopic (exact) mass is 230 g/mol. The van der Waals surface area contributed by atoms with Crippen LogP contribution in [0.15, 0.2) is 42.7 Å². The average molecular weight is 230 g/mol. The number of unbranched alkanes of at least 4 members (excludes halogenated alkanes) is 2. The van der Waals surface area contributed by atoms with E-state index in [9.17, 15) is 0 Å². The minimum absolute atomic E-state index is 0.634. The maximum absolute atomic E-state index is 5.80. The van der Waals surface area contributed by atoms with E-state index < -0.39 is 0 Å². The van der Waals surface area contributed by atoms with Gasteiger partial charge in [0.15, 0.2) is 0 Å². The second-order valence-electron chi connectivity index (χ2n) is 4.13. The molecular formula is C15H18O2. The van der Waals surface area contributed by atoms with E-state index in [0.29, 0.717) is 5.76 Å². The number of fused-ring (bicyclic) bond motifs is 1. The molecule has 1 aromatic rings. The molecule has 90 valence electrons. The summed E-state index contributed by atoms with van der Waals surface area (Å²) in [6.07, 6.45) is 5.35. The number of para-hydroxylation sites is 1. The van der Waals surface area contributed by atoms with Gasteiger partial charge in [0, 0.05) is 6.08 Å². The average Bonchev–Trinajstić information content (AvgIpc) is 2.34. The molecule has 0 saturated heterocycles. The third-order valence-electron chi connectivity index (χ3n) is 2.69. The summed E-state index contributed by atoms with van der Waals surface area (Å²) in [5.74, 6) is 2.33. The van der Waals surface area contributed by atoms with Gasteiger partial charge in [-0.3, -0.25) is 0 Å². The SMILES string of the molecule is C=C1C=C(OCCCCC)c2ccccc2O1. The molecule has 0 atom stereocenters. The van der Waals surface area contributed by atoms with Gasteiger partial charge in [0.25, 0.3) is 0 Å². The van der Waals surface area contributed by atoms with Gasteiger partial charge in [-0.05, 0) is 18.6 Å². The Hall–Kier alpha value is -1.70. The first kappa shape index (κ1) is 11.8. The van der Waals surface area contributed by atoms with Crippen LogP contribution >= 0.6 is 0 Å². The van der Waals surface area contributed by atoms with Crippen LogP contribution in [0.3, 0.4) is 0 Å². The molecule has 1 aliphatic rings. The van der Waals surface area contributed by atoms with Crippen molar-refractivity contribution in [3.05, 3.63) is 48.2 Å². The highest BCUT2D eigenvalue weighted by Crippen LogP contribution is 2.33. The van der Waals surface area contributed by atoms with Crippen molar-refractivity contribution in [3.63, 3.8) is 0 Å². The van der Waals surface area contributed by atoms with E-state index in [-0.39, 0.29) is 0 Å². The van der Waals surface area contributed by atoms with E-state index in [2.05, 4.69) is 13.5 Å². The zero-order valence-corrected chi connectivity index (χ0v) is 10.2. The lowest BCUT2D eigenvalue weighted by atomic mass is 10.1. The molecule has 1 heterocycles. The van der Waals surface area contributed by atoms with Crippen LogP contribution in [0.25, 0.3) is 5.76 Å². The van der Waals surface area contributed by atoms with Crippen LogP contribution in [0.2, 0.25) is 0 Å². The first-order valence-electron chi connectivity index (χ1n) is 6.12. The Morgan fingerprint density at radius 1 is 1.24 bits per heavy atom. The van der Waals surface area contributed by atoms with Crippen molar-refractivity contribution >= 4 is 5.76 Å². The summed E-state index contributed by atoms with van der Waals surface area (Å²) in [6.45, 7) is 6.77. The Morgan fingerprint density at radius 2 is 2.06 bits per heavy atom. The molecule has 2 heteroatoms. The normalized spacial score (nSPS) is 13.7. The summed E-state index contributed by atoms with van der Waals surface area (Å²) >= 11 is 0. The molecule has 0 N–H and O–H groups in total. The fraction of sp³-hybridized carbons (Fsp3) is 0.333. The van der Waals surface area contributed by atoms with E-state index in [4.69, 9.17) is 9.47 Å². The van der Waals surface area contributed by atoms with Crippen molar-refractivity contribution in [2.45, 2.75) is 26.2 Å². The van der Waals surface area contributed by atoms with E-state index >= 15 is 0 Å². The lowest BCUT2D eigenvalue weighted by Crippen LogP contribution is -2.05. The molecule has 0 saturated carbocycles. The molecule has 0 radical (unpaired) electrons. The van der Waals surface area contributed by atoms with Gasteiger partial charge in [0.2, 0.25) is 0 Å². The molecule has 0 spiro atoms. The van der Waals surface area contributed by atoms with Crippen molar-refractivity contribution in [2.24, 2.45) is 0 Å². The van der Waals surface area contributed by atoms with Crippen LogP contribution in [0, 0.1) is 0 Å². The summed E-state index contributed by atoms with van der Waals surface area (Å²) < 4.78 is 11.3. The standard InChI is InChI=1S/C15H18O2/c1-3-4-7-10-16-15-11-12(2)17-14-9-6-5-8-13(14)15/h5-6,8-9,11H,2-4,7,10H2,1H3. The fourth-order valence-corrected chi connectivity index (χ4v) is 1.81. The molecule has 0 aromatic heterocycles. The summed E-state index contributed by atoms with van der Waals surface area (Å²) in [7, 11) is 0. The highest BCUT2D eigenvalue weighted by atomic mass is 16.5. The van der Waals surface area contributed by atoms with Gasteiger partial charge in [0.05, 0.1) is 12.2 Å². The Bertz CT molecular complexity index is 432. The van der Waals surface area contributed by atoms with Crippen LogP contribution in [0.1, 0.15) is 31.7 Å². The van der Waals surface area contributed by atoms with E-state index in [1.165, 1.54) is 12.8 Å².